The third kappa shape index (κ3) is 6.26. The lowest BCUT2D eigenvalue weighted by Gasteiger charge is -2.64. The van der Waals surface area contributed by atoms with E-state index in [1.165, 1.54) is 12.8 Å². The van der Waals surface area contributed by atoms with E-state index in [9.17, 15) is 0 Å². The lowest BCUT2D eigenvalue weighted by atomic mass is 9.22. The van der Waals surface area contributed by atoms with Crippen LogP contribution in [0, 0.1) is 82.3 Å². The molecule has 0 bridgehead atoms. The van der Waals surface area contributed by atoms with Crippen LogP contribution < -0.4 is 0 Å². The molecule has 9 saturated carbocycles. The van der Waals surface area contributed by atoms with Gasteiger partial charge in [0.25, 0.3) is 0 Å². The van der Waals surface area contributed by atoms with Crippen molar-refractivity contribution in [2.45, 2.75) is 220 Å². The lowest BCUT2D eigenvalue weighted by Crippen LogP contribution is -2.59. The molecule has 0 amide bonds. The van der Waals surface area contributed by atoms with Gasteiger partial charge < -0.3 is 0 Å². The molecule has 0 aromatic heterocycles. The lowest BCUT2D eigenvalue weighted by molar-refractivity contribution is -0.151. The third-order valence-corrected chi connectivity index (χ3v) is 24.0. The van der Waals surface area contributed by atoms with E-state index < -0.39 is 0 Å². The molecule has 0 nitrogen and oxygen atoms in total. The molecule has 19 atom stereocenters. The van der Waals surface area contributed by atoms with Gasteiger partial charge in [0.1, 0.15) is 0 Å². The molecular formula is C49H79BS2. The van der Waals surface area contributed by atoms with Crippen LogP contribution in [0.25, 0.3) is 0 Å². The van der Waals surface area contributed by atoms with E-state index in [1.807, 2.05) is 0 Å². The second-order valence-electron chi connectivity index (χ2n) is 23.9. The molecule has 0 aromatic rings. The van der Waals surface area contributed by atoms with Gasteiger partial charge in [0, 0.05) is 21.0 Å². The Morgan fingerprint density at radius 2 is 1.04 bits per heavy atom. The van der Waals surface area contributed by atoms with Crippen molar-refractivity contribution in [2.75, 3.05) is 0 Å². The van der Waals surface area contributed by atoms with Crippen molar-refractivity contribution in [3.05, 3.63) is 0 Å². The zero-order valence-corrected chi connectivity index (χ0v) is 35.8. The highest BCUT2D eigenvalue weighted by Gasteiger charge is 2.63. The SMILES string of the molecule is CC(C)(C)CC1CC2SC3CCC(C4CCCCC4)C[C@H]3B3C2C(C1)S[C@@H]1CC(C2C[C@H]4CCCC5C6CCC[C@H]7CCCC(C67)[C@@H](C2)[C@H]54)CCC31. The molecular weight excluding hydrogens is 663 g/mol. The molecule has 0 radical (unpaired) electrons. The zero-order valence-electron chi connectivity index (χ0n) is 34.1. The number of thioether (sulfide) groups is 2. The molecule has 13 unspecified atom stereocenters. The van der Waals surface area contributed by atoms with Gasteiger partial charge in [-0.2, -0.15) is 23.5 Å². The Morgan fingerprint density at radius 1 is 0.423 bits per heavy atom. The third-order valence-electron chi connectivity index (χ3n) is 20.4. The van der Waals surface area contributed by atoms with Gasteiger partial charge in [0.2, 0.25) is 0 Å². The summed E-state index contributed by atoms with van der Waals surface area (Å²) in [6, 6.07) is 0. The van der Waals surface area contributed by atoms with Gasteiger partial charge in [0.05, 0.1) is 0 Å². The largest absolute Gasteiger partial charge is 0.156 e. The highest BCUT2D eigenvalue weighted by Crippen LogP contribution is 2.70. The van der Waals surface area contributed by atoms with E-state index in [0.717, 1.165) is 122 Å². The molecule has 0 spiro atoms. The highest BCUT2D eigenvalue weighted by atomic mass is 32.2. The molecule has 52 heavy (non-hydrogen) atoms. The normalized spacial score (nSPS) is 54.5. The zero-order chi connectivity index (χ0) is 34.7. The summed E-state index contributed by atoms with van der Waals surface area (Å²) in [6.45, 7) is 8.74. The Bertz CT molecular complexity index is 1270. The summed E-state index contributed by atoms with van der Waals surface area (Å²) in [5.41, 5.74) is 0.487. The molecule has 11 aliphatic rings. The predicted molar refractivity (Wildman–Crippen MR) is 228 cm³/mol. The molecule has 2 saturated heterocycles. The molecule has 11 rings (SSSR count). The van der Waals surface area contributed by atoms with Gasteiger partial charge in [-0.05, 0) is 170 Å². The molecule has 0 aromatic carbocycles. The van der Waals surface area contributed by atoms with Crippen LogP contribution in [-0.4, -0.2) is 27.7 Å². The number of rotatable bonds is 3. The molecule has 11 fully saturated rings. The fourth-order valence-electron chi connectivity index (χ4n) is 19.3. The molecule has 0 N–H and O–H groups in total. The van der Waals surface area contributed by atoms with Crippen molar-refractivity contribution in [1.29, 1.82) is 0 Å². The van der Waals surface area contributed by atoms with Crippen molar-refractivity contribution in [3.63, 3.8) is 0 Å². The van der Waals surface area contributed by atoms with Crippen molar-refractivity contribution >= 4 is 30.2 Å². The van der Waals surface area contributed by atoms with Crippen LogP contribution in [0.2, 0.25) is 17.5 Å². The quantitative estimate of drug-likeness (QED) is 0.264. The van der Waals surface area contributed by atoms with Crippen molar-refractivity contribution < 1.29 is 0 Å². The molecule has 2 aliphatic heterocycles. The Kier molecular flexibility index (Phi) is 9.83. The minimum absolute atomic E-state index is 0.487. The first kappa shape index (κ1) is 35.9. The second kappa shape index (κ2) is 14.2. The highest BCUT2D eigenvalue weighted by molar-refractivity contribution is 8.02. The van der Waals surface area contributed by atoms with E-state index in [2.05, 4.69) is 44.3 Å². The molecule has 2 heterocycles. The first-order chi connectivity index (χ1) is 25.4. The summed E-state index contributed by atoms with van der Waals surface area (Å²) < 4.78 is 0. The summed E-state index contributed by atoms with van der Waals surface area (Å²) in [4.78, 5) is 0. The fraction of sp³-hybridized carbons (Fsp3) is 1.00. The topological polar surface area (TPSA) is 0 Å². The summed E-state index contributed by atoms with van der Waals surface area (Å²) in [6.07, 6.45) is 40.1. The summed E-state index contributed by atoms with van der Waals surface area (Å²) in [5, 5.41) is 4.03. The van der Waals surface area contributed by atoms with Gasteiger partial charge in [-0.25, -0.2) is 0 Å². The summed E-state index contributed by atoms with van der Waals surface area (Å²) >= 11 is 5.30. The van der Waals surface area contributed by atoms with E-state index in [4.69, 9.17) is 0 Å². The van der Waals surface area contributed by atoms with Crippen LogP contribution in [0.15, 0.2) is 0 Å². The monoisotopic (exact) mass is 743 g/mol. The molecule has 3 heteroatoms. The van der Waals surface area contributed by atoms with Gasteiger partial charge in [-0.3, -0.25) is 0 Å². The van der Waals surface area contributed by atoms with Gasteiger partial charge >= 0.3 is 0 Å². The fourth-order valence-corrected chi connectivity index (χ4v) is 23.8. The maximum absolute atomic E-state index is 2.68. The maximum atomic E-state index is 2.68. The first-order valence-corrected chi connectivity index (χ1v) is 26.6. The Morgan fingerprint density at radius 3 is 1.77 bits per heavy atom. The Hall–Kier alpha value is 0.765. The molecule has 9 aliphatic carbocycles. The smallest absolute Gasteiger partial charge is 0.154 e. The minimum atomic E-state index is 0.487. The first-order valence-electron chi connectivity index (χ1n) is 24.7. The average molecular weight is 743 g/mol. The number of hydrogen-bond acceptors (Lipinski definition) is 2. The van der Waals surface area contributed by atoms with Gasteiger partial charge in [-0.15, -0.1) is 0 Å². The number of fused-ring (bicyclic) bond motifs is 6. The average Bonchev–Trinajstić information content (AvgIpc) is 3.15. The number of hydrogen-bond donors (Lipinski definition) is 0. The Labute approximate surface area is 330 Å². The van der Waals surface area contributed by atoms with E-state index >= 15 is 0 Å². The van der Waals surface area contributed by atoms with Crippen LogP contribution in [0.4, 0.5) is 0 Å². The second-order valence-corrected chi connectivity index (χ2v) is 26.9. The van der Waals surface area contributed by atoms with Gasteiger partial charge in [0.15, 0.2) is 6.71 Å². The van der Waals surface area contributed by atoms with Crippen molar-refractivity contribution in [1.82, 2.24) is 0 Å². The van der Waals surface area contributed by atoms with Gasteiger partial charge in [-0.1, -0.05) is 111 Å². The van der Waals surface area contributed by atoms with Crippen LogP contribution >= 0.6 is 23.5 Å². The van der Waals surface area contributed by atoms with Crippen LogP contribution in [0.5, 0.6) is 0 Å². The maximum Gasteiger partial charge on any atom is 0.154 e. The predicted octanol–water partition coefficient (Wildman–Crippen LogP) is 14.5. The van der Waals surface area contributed by atoms with E-state index in [0.29, 0.717) is 5.41 Å². The minimum Gasteiger partial charge on any atom is -0.156 e. The van der Waals surface area contributed by atoms with Crippen molar-refractivity contribution in [2.24, 2.45) is 82.3 Å². The van der Waals surface area contributed by atoms with Crippen LogP contribution in [0.3, 0.4) is 0 Å². The van der Waals surface area contributed by atoms with Crippen LogP contribution in [-0.2, 0) is 0 Å². The standard InChI is InChI=1S/C49H79BS2/c1-49(2,3)28-29-22-44-48-45(23-29)52-43-27-33(18-20-40(43)50(48)41-26-32(19-21-42(41)51-44)30-10-5-4-6-11-30)35-24-34-14-9-16-37-36-15-7-12-31-13-8-17-38(46(31)36)39(25-35)47(34)37/h29-48H,4-28H2,1-3H3/t29?,31-,32?,33?,34+,35?,36?,37?,38?,39+,40?,41+,42?,43+,44?,45?,46?,47-,48?/m0/s1. The molecule has 290 valence electrons. The summed E-state index contributed by atoms with van der Waals surface area (Å²) in [5.74, 6) is 17.8. The summed E-state index contributed by atoms with van der Waals surface area (Å²) in [7, 11) is 0. The van der Waals surface area contributed by atoms with Crippen LogP contribution in [0.1, 0.15) is 181 Å². The van der Waals surface area contributed by atoms with E-state index in [1.54, 1.807) is 148 Å². The Balaban J connectivity index is 0.858. The van der Waals surface area contributed by atoms with Crippen molar-refractivity contribution in [3.8, 4) is 0 Å². The van der Waals surface area contributed by atoms with E-state index in [-0.39, 0.29) is 0 Å².